The smallest absolute Gasteiger partial charge is 0.264 e. The van der Waals surface area contributed by atoms with Gasteiger partial charge < -0.3 is 14.9 Å². The number of methoxy groups -OCH3 is 1. The molecule has 4 aromatic carbocycles. The van der Waals surface area contributed by atoms with E-state index in [9.17, 15) is 18.6 Å². The molecule has 0 saturated heterocycles. The second kappa shape index (κ2) is 8.19. The molecule has 0 amide bonds. The molecule has 0 aliphatic carbocycles. The van der Waals surface area contributed by atoms with E-state index in [0.717, 1.165) is 27.8 Å². The number of hydrogen-bond acceptors (Lipinski definition) is 6. The van der Waals surface area contributed by atoms with E-state index in [0.29, 0.717) is 22.3 Å². The Morgan fingerprint density at radius 1 is 0.774 bits per heavy atom. The van der Waals surface area contributed by atoms with Gasteiger partial charge in [-0.05, 0) is 33.7 Å². The molecule has 4 rings (SSSR count). The monoisotopic (exact) mass is 438 g/mol. The summed E-state index contributed by atoms with van der Waals surface area (Å²) in [6.45, 7) is -0.127. The van der Waals surface area contributed by atoms with E-state index in [4.69, 9.17) is 8.92 Å². The van der Waals surface area contributed by atoms with Crippen LogP contribution in [0.15, 0.2) is 60.7 Å². The molecule has 6 nitrogen and oxygen atoms in total. The van der Waals surface area contributed by atoms with Crippen LogP contribution in [0.5, 0.6) is 11.5 Å². The van der Waals surface area contributed by atoms with Crippen LogP contribution in [0.4, 0.5) is 0 Å². The van der Waals surface area contributed by atoms with Crippen LogP contribution >= 0.6 is 0 Å². The van der Waals surface area contributed by atoms with Crippen molar-refractivity contribution >= 4 is 31.7 Å². The number of rotatable bonds is 6. The van der Waals surface area contributed by atoms with Gasteiger partial charge in [-0.3, -0.25) is 4.18 Å². The fourth-order valence-electron chi connectivity index (χ4n) is 3.84. The van der Waals surface area contributed by atoms with Crippen LogP contribution < -0.4 is 0 Å². The molecule has 0 saturated carbocycles. The number of fused-ring (bicyclic) bond motifs is 2. The third-order valence-electron chi connectivity index (χ3n) is 5.18. The molecule has 0 atom stereocenters. The highest BCUT2D eigenvalue weighted by molar-refractivity contribution is 7.85. The Morgan fingerprint density at radius 3 is 1.68 bits per heavy atom. The number of benzene rings is 4. The summed E-state index contributed by atoms with van der Waals surface area (Å²) in [5.41, 5.74) is 1.76. The van der Waals surface area contributed by atoms with Crippen molar-refractivity contribution in [3.8, 4) is 22.6 Å². The van der Waals surface area contributed by atoms with Gasteiger partial charge in [-0.1, -0.05) is 48.5 Å². The summed E-state index contributed by atoms with van der Waals surface area (Å²) >= 11 is 0. The first-order chi connectivity index (χ1) is 14.8. The first-order valence-electron chi connectivity index (χ1n) is 9.61. The van der Waals surface area contributed by atoms with Crippen LogP contribution in [0, 0.1) is 0 Å². The van der Waals surface area contributed by atoms with E-state index >= 15 is 0 Å². The molecule has 0 heterocycles. The van der Waals surface area contributed by atoms with Crippen molar-refractivity contribution in [3.63, 3.8) is 0 Å². The van der Waals surface area contributed by atoms with Crippen molar-refractivity contribution in [2.75, 3.05) is 13.4 Å². The summed E-state index contributed by atoms with van der Waals surface area (Å²) in [5, 5.41) is 25.5. The number of ether oxygens (including phenoxy) is 1. The quantitative estimate of drug-likeness (QED) is 0.424. The second-order valence-electron chi connectivity index (χ2n) is 7.36. The topological polar surface area (TPSA) is 93.1 Å². The molecule has 4 aromatic rings. The lowest BCUT2D eigenvalue weighted by Gasteiger charge is -2.19. The predicted molar refractivity (Wildman–Crippen MR) is 121 cm³/mol. The Kier molecular flexibility index (Phi) is 5.58. The van der Waals surface area contributed by atoms with Gasteiger partial charge in [-0.2, -0.15) is 8.42 Å². The van der Waals surface area contributed by atoms with Crippen molar-refractivity contribution in [2.45, 2.75) is 13.2 Å². The summed E-state index contributed by atoms with van der Waals surface area (Å²) in [6.07, 6.45) is 0.958. The van der Waals surface area contributed by atoms with Gasteiger partial charge in [0, 0.05) is 29.4 Å². The first kappa shape index (κ1) is 21.1. The molecule has 0 fully saturated rings. The van der Waals surface area contributed by atoms with Crippen LogP contribution in [0.3, 0.4) is 0 Å². The minimum atomic E-state index is -3.70. The zero-order valence-corrected chi connectivity index (χ0v) is 17.9. The Balaban J connectivity index is 2.09. The molecule has 0 spiro atoms. The number of phenolic OH excluding ortho intramolecular Hbond substituents is 2. The summed E-state index contributed by atoms with van der Waals surface area (Å²) in [5.74, 6) is -0.139. The number of phenols is 2. The average molecular weight is 439 g/mol. The standard InChI is InChI=1S/C24H22O6S/c1-29-13-17-11-15-7-3-5-9-19(15)21(23(17)25)22-20-10-6-4-8-16(20)12-18(24(22)26)14-30-31(2,27)28/h3-12,25-26H,13-14H2,1-2H3. The summed E-state index contributed by atoms with van der Waals surface area (Å²) in [6, 6.07) is 18.5. The fourth-order valence-corrected chi connectivity index (χ4v) is 4.18. The lowest BCUT2D eigenvalue weighted by Crippen LogP contribution is -2.03. The van der Waals surface area contributed by atoms with Crippen LogP contribution in [-0.2, 0) is 32.3 Å². The Labute approximate surface area is 180 Å². The van der Waals surface area contributed by atoms with E-state index < -0.39 is 10.1 Å². The molecule has 2 N–H and O–H groups in total. The highest BCUT2D eigenvalue weighted by Gasteiger charge is 2.22. The van der Waals surface area contributed by atoms with Gasteiger partial charge >= 0.3 is 0 Å². The molecule has 0 aliphatic heterocycles. The van der Waals surface area contributed by atoms with E-state index in [1.165, 1.54) is 0 Å². The van der Waals surface area contributed by atoms with Crippen LogP contribution in [0.25, 0.3) is 32.7 Å². The minimum Gasteiger partial charge on any atom is -0.507 e. The van der Waals surface area contributed by atoms with Crippen molar-refractivity contribution in [2.24, 2.45) is 0 Å². The summed E-state index contributed by atoms with van der Waals surface area (Å²) < 4.78 is 33.2. The van der Waals surface area contributed by atoms with Crippen LogP contribution in [-0.4, -0.2) is 32.0 Å². The molecule has 7 heteroatoms. The molecule has 0 bridgehead atoms. The van der Waals surface area contributed by atoms with Crippen molar-refractivity contribution in [1.82, 2.24) is 0 Å². The highest BCUT2D eigenvalue weighted by Crippen LogP contribution is 2.47. The average Bonchev–Trinajstić information content (AvgIpc) is 2.73. The third-order valence-corrected chi connectivity index (χ3v) is 5.73. The minimum absolute atomic E-state index is 0.00202. The van der Waals surface area contributed by atoms with Gasteiger partial charge in [-0.15, -0.1) is 0 Å². The SMILES string of the molecule is COCc1cc2ccccc2c(-c2c(O)c(COS(C)(=O)=O)cc3ccccc23)c1O. The van der Waals surface area contributed by atoms with E-state index in [-0.39, 0.29) is 24.7 Å². The van der Waals surface area contributed by atoms with Crippen molar-refractivity contribution in [1.29, 1.82) is 0 Å². The van der Waals surface area contributed by atoms with Crippen molar-refractivity contribution < 1.29 is 27.6 Å². The van der Waals surface area contributed by atoms with E-state index in [1.807, 2.05) is 54.6 Å². The van der Waals surface area contributed by atoms with Crippen molar-refractivity contribution in [3.05, 3.63) is 71.8 Å². The Bertz CT molecular complexity index is 1390. The molecule has 0 aliphatic rings. The molecule has 160 valence electrons. The molecule has 31 heavy (non-hydrogen) atoms. The second-order valence-corrected chi connectivity index (χ2v) is 9.00. The van der Waals surface area contributed by atoms with Gasteiger partial charge in [0.2, 0.25) is 0 Å². The van der Waals surface area contributed by atoms with E-state index in [1.54, 1.807) is 13.2 Å². The summed E-state index contributed by atoms with van der Waals surface area (Å²) in [4.78, 5) is 0. The maximum atomic E-state index is 11.5. The normalized spacial score (nSPS) is 11.9. The Morgan fingerprint density at radius 2 is 1.23 bits per heavy atom. The zero-order valence-electron chi connectivity index (χ0n) is 17.1. The van der Waals surface area contributed by atoms with Gasteiger partial charge in [0.15, 0.2) is 0 Å². The maximum Gasteiger partial charge on any atom is 0.264 e. The lowest BCUT2D eigenvalue weighted by molar-refractivity contribution is 0.182. The molecule has 0 unspecified atom stereocenters. The Hall–Kier alpha value is -3.13. The zero-order chi connectivity index (χ0) is 22.2. The largest absolute Gasteiger partial charge is 0.507 e. The lowest BCUT2D eigenvalue weighted by atomic mass is 9.89. The van der Waals surface area contributed by atoms with Crippen LogP contribution in [0.2, 0.25) is 0 Å². The fraction of sp³-hybridized carbons (Fsp3) is 0.167. The number of hydrogen-bond donors (Lipinski definition) is 2. The molecule has 0 radical (unpaired) electrons. The molecule has 0 aromatic heterocycles. The van der Waals surface area contributed by atoms with Gasteiger partial charge in [0.1, 0.15) is 11.5 Å². The van der Waals surface area contributed by atoms with Gasteiger partial charge in [-0.25, -0.2) is 0 Å². The van der Waals surface area contributed by atoms with E-state index in [2.05, 4.69) is 0 Å². The third kappa shape index (κ3) is 4.07. The van der Waals surface area contributed by atoms with Gasteiger partial charge in [0.25, 0.3) is 10.1 Å². The maximum absolute atomic E-state index is 11.5. The predicted octanol–water partition coefficient (Wildman–Crippen LogP) is 4.69. The summed E-state index contributed by atoms with van der Waals surface area (Å²) in [7, 11) is -2.16. The van der Waals surface area contributed by atoms with Crippen LogP contribution in [0.1, 0.15) is 11.1 Å². The first-order valence-corrected chi connectivity index (χ1v) is 11.4. The highest BCUT2D eigenvalue weighted by atomic mass is 32.2. The molecular formula is C24H22O6S. The van der Waals surface area contributed by atoms with Gasteiger partial charge in [0.05, 0.1) is 19.5 Å². The molecular weight excluding hydrogens is 416 g/mol. The number of aromatic hydroxyl groups is 2.